The maximum atomic E-state index is 13.2. The lowest BCUT2D eigenvalue weighted by Gasteiger charge is -2.12. The number of pyridine rings is 1. The van der Waals surface area contributed by atoms with Crippen LogP contribution < -0.4 is 0 Å². The summed E-state index contributed by atoms with van der Waals surface area (Å²) in [5, 5.41) is 2.14. The monoisotopic (exact) mass is 359 g/mol. The van der Waals surface area contributed by atoms with E-state index in [0.717, 1.165) is 32.9 Å². The van der Waals surface area contributed by atoms with E-state index in [-0.39, 0.29) is 5.78 Å². The Morgan fingerprint density at radius 3 is 2.18 bits per heavy atom. The predicted octanol–water partition coefficient (Wildman–Crippen LogP) is 6.29. The van der Waals surface area contributed by atoms with Gasteiger partial charge in [-0.1, -0.05) is 84.9 Å². The van der Waals surface area contributed by atoms with E-state index < -0.39 is 0 Å². The molecule has 4 aromatic carbocycles. The van der Waals surface area contributed by atoms with Crippen molar-refractivity contribution >= 4 is 27.6 Å². The summed E-state index contributed by atoms with van der Waals surface area (Å²) in [5.74, 6) is 0.0296. The van der Waals surface area contributed by atoms with E-state index in [1.54, 1.807) is 0 Å². The van der Waals surface area contributed by atoms with E-state index >= 15 is 0 Å². The molecule has 0 amide bonds. The number of para-hydroxylation sites is 1. The van der Waals surface area contributed by atoms with Gasteiger partial charge >= 0.3 is 0 Å². The van der Waals surface area contributed by atoms with Crippen molar-refractivity contribution < 1.29 is 4.79 Å². The molecule has 2 heteroatoms. The molecule has 0 aliphatic carbocycles. The van der Waals surface area contributed by atoms with Crippen LogP contribution in [-0.2, 0) is 0 Å². The first kappa shape index (κ1) is 16.4. The summed E-state index contributed by atoms with van der Waals surface area (Å²) in [7, 11) is 0. The van der Waals surface area contributed by atoms with Crippen LogP contribution in [0.25, 0.3) is 32.9 Å². The maximum absolute atomic E-state index is 13.2. The van der Waals surface area contributed by atoms with Gasteiger partial charge in [0.2, 0.25) is 0 Å². The zero-order valence-electron chi connectivity index (χ0n) is 15.2. The van der Waals surface area contributed by atoms with Gasteiger partial charge in [-0.25, -0.2) is 4.98 Å². The second kappa shape index (κ2) is 6.75. The van der Waals surface area contributed by atoms with E-state index in [9.17, 15) is 4.79 Å². The summed E-state index contributed by atoms with van der Waals surface area (Å²) in [6.45, 7) is 0. The second-order valence-corrected chi connectivity index (χ2v) is 6.79. The second-order valence-electron chi connectivity index (χ2n) is 6.79. The highest BCUT2D eigenvalue weighted by Gasteiger charge is 2.16. The van der Waals surface area contributed by atoms with E-state index in [0.29, 0.717) is 11.1 Å². The van der Waals surface area contributed by atoms with Gasteiger partial charge in [0, 0.05) is 21.9 Å². The van der Waals surface area contributed by atoms with Crippen LogP contribution in [0.1, 0.15) is 15.9 Å². The Hall–Kier alpha value is -3.78. The van der Waals surface area contributed by atoms with Gasteiger partial charge in [0.15, 0.2) is 5.78 Å². The maximum Gasteiger partial charge on any atom is 0.193 e. The largest absolute Gasteiger partial charge is 0.289 e. The Bertz CT molecular complexity index is 1320. The Morgan fingerprint density at radius 1 is 0.607 bits per heavy atom. The summed E-state index contributed by atoms with van der Waals surface area (Å²) in [4.78, 5) is 18.0. The van der Waals surface area contributed by atoms with E-state index in [1.807, 2.05) is 84.9 Å². The average Bonchev–Trinajstić information content (AvgIpc) is 2.77. The Morgan fingerprint density at radius 2 is 1.29 bits per heavy atom. The van der Waals surface area contributed by atoms with Crippen LogP contribution >= 0.6 is 0 Å². The third-order valence-electron chi connectivity index (χ3n) is 5.06. The lowest BCUT2D eigenvalue weighted by atomic mass is 9.91. The van der Waals surface area contributed by atoms with Crippen LogP contribution in [-0.4, -0.2) is 10.8 Å². The third-order valence-corrected chi connectivity index (χ3v) is 5.06. The number of hydrogen-bond acceptors (Lipinski definition) is 2. The molecule has 0 saturated heterocycles. The molecule has 0 aliphatic heterocycles. The fourth-order valence-corrected chi connectivity index (χ4v) is 3.69. The molecule has 1 heterocycles. The number of carbonyl (C=O) groups excluding carboxylic acids is 1. The van der Waals surface area contributed by atoms with Gasteiger partial charge in [0.25, 0.3) is 0 Å². The number of fused-ring (bicyclic) bond motifs is 2. The topological polar surface area (TPSA) is 30.0 Å². The molecule has 0 aliphatic rings. The zero-order valence-corrected chi connectivity index (χ0v) is 15.2. The van der Waals surface area contributed by atoms with Gasteiger partial charge in [-0.2, -0.15) is 0 Å². The molecule has 28 heavy (non-hydrogen) atoms. The first-order valence-corrected chi connectivity index (χ1v) is 9.29. The van der Waals surface area contributed by atoms with Crippen LogP contribution in [0.2, 0.25) is 0 Å². The van der Waals surface area contributed by atoms with Crippen molar-refractivity contribution in [1.29, 1.82) is 0 Å². The molecule has 1 aromatic heterocycles. The summed E-state index contributed by atoms with van der Waals surface area (Å²) in [5.41, 5.74) is 5.25. The third kappa shape index (κ3) is 2.76. The Balaban J connectivity index is 1.75. The minimum absolute atomic E-state index is 0.0296. The highest BCUT2D eigenvalue weighted by molar-refractivity contribution is 6.14. The van der Waals surface area contributed by atoms with Crippen molar-refractivity contribution in [3.63, 3.8) is 0 Å². The molecule has 0 atom stereocenters. The smallest absolute Gasteiger partial charge is 0.193 e. The predicted molar refractivity (Wildman–Crippen MR) is 115 cm³/mol. The van der Waals surface area contributed by atoms with Crippen LogP contribution in [0.15, 0.2) is 103 Å². The number of benzene rings is 4. The first-order valence-electron chi connectivity index (χ1n) is 9.29. The minimum atomic E-state index is 0.0296. The van der Waals surface area contributed by atoms with Crippen LogP contribution in [0, 0.1) is 0 Å². The number of carbonyl (C=O) groups is 1. The van der Waals surface area contributed by atoms with Crippen molar-refractivity contribution in [2.24, 2.45) is 0 Å². The van der Waals surface area contributed by atoms with Gasteiger partial charge in [0.1, 0.15) is 0 Å². The highest BCUT2D eigenvalue weighted by Crippen LogP contribution is 2.33. The lowest BCUT2D eigenvalue weighted by Crippen LogP contribution is -2.03. The fraction of sp³-hybridized carbons (Fsp3) is 0. The SMILES string of the molecule is O=C(c1ccccc1)c1ccccc1-c1cccc2nc3ccccc3cc12. The molecule has 0 N–H and O–H groups in total. The summed E-state index contributed by atoms with van der Waals surface area (Å²) in [6, 6.07) is 33.6. The van der Waals surface area contributed by atoms with Gasteiger partial charge in [0.05, 0.1) is 11.0 Å². The quantitative estimate of drug-likeness (QED) is 0.280. The lowest BCUT2D eigenvalue weighted by molar-refractivity contribution is 0.103. The molecule has 2 nitrogen and oxygen atoms in total. The van der Waals surface area contributed by atoms with Crippen molar-refractivity contribution in [2.45, 2.75) is 0 Å². The van der Waals surface area contributed by atoms with Crippen LogP contribution in [0.3, 0.4) is 0 Å². The molecule has 0 bridgehead atoms. The van der Waals surface area contributed by atoms with E-state index in [2.05, 4.69) is 18.2 Å². The van der Waals surface area contributed by atoms with Crippen molar-refractivity contribution in [3.05, 3.63) is 114 Å². The molecule has 5 aromatic rings. The first-order chi connectivity index (χ1) is 13.8. The van der Waals surface area contributed by atoms with Crippen molar-refractivity contribution in [1.82, 2.24) is 4.98 Å². The van der Waals surface area contributed by atoms with Gasteiger partial charge in [-0.15, -0.1) is 0 Å². The zero-order chi connectivity index (χ0) is 18.9. The van der Waals surface area contributed by atoms with Gasteiger partial charge < -0.3 is 0 Å². The molecule has 132 valence electrons. The average molecular weight is 359 g/mol. The number of rotatable bonds is 3. The van der Waals surface area contributed by atoms with Crippen LogP contribution in [0.5, 0.6) is 0 Å². The Kier molecular flexibility index (Phi) is 3.95. The molecule has 0 spiro atoms. The fourth-order valence-electron chi connectivity index (χ4n) is 3.69. The molecule has 0 fully saturated rings. The number of hydrogen-bond donors (Lipinski definition) is 0. The van der Waals surface area contributed by atoms with Crippen LogP contribution in [0.4, 0.5) is 0 Å². The standard InChI is InChI=1S/C26H17NO/c28-26(18-9-2-1-3-10-18)22-13-6-5-12-20(22)21-14-8-16-25-23(21)17-19-11-4-7-15-24(19)27-25/h1-17H. The van der Waals surface area contributed by atoms with E-state index in [4.69, 9.17) is 4.98 Å². The number of aromatic nitrogens is 1. The van der Waals surface area contributed by atoms with Gasteiger partial charge in [-0.3, -0.25) is 4.79 Å². The van der Waals surface area contributed by atoms with E-state index in [1.165, 1.54) is 0 Å². The molecule has 5 rings (SSSR count). The highest BCUT2D eigenvalue weighted by atomic mass is 16.1. The Labute approximate surface area is 163 Å². The summed E-state index contributed by atoms with van der Waals surface area (Å²) < 4.78 is 0. The van der Waals surface area contributed by atoms with Gasteiger partial charge in [-0.05, 0) is 29.3 Å². The summed E-state index contributed by atoms with van der Waals surface area (Å²) >= 11 is 0. The van der Waals surface area contributed by atoms with Crippen molar-refractivity contribution in [3.8, 4) is 11.1 Å². The summed E-state index contributed by atoms with van der Waals surface area (Å²) in [6.07, 6.45) is 0. The molecular weight excluding hydrogens is 342 g/mol. The number of nitrogens with zero attached hydrogens (tertiary/aromatic N) is 1. The molecule has 0 saturated carbocycles. The molecule has 0 radical (unpaired) electrons. The van der Waals surface area contributed by atoms with Crippen molar-refractivity contribution in [2.75, 3.05) is 0 Å². The normalized spacial score (nSPS) is 11.0. The minimum Gasteiger partial charge on any atom is -0.289 e. The molecular formula is C26H17NO. The molecule has 0 unspecified atom stereocenters. The number of ketones is 1.